The molecule has 15 nitrogen and oxygen atoms in total. The van der Waals surface area contributed by atoms with Crippen LogP contribution in [0.4, 0.5) is 5.69 Å². The minimum absolute atomic E-state index is 0.0306. The monoisotopic (exact) mass is 876 g/mol. The van der Waals surface area contributed by atoms with Gasteiger partial charge in [0.2, 0.25) is 0 Å². The number of carbonyl (C=O) groups excluding carboxylic acids is 3. The molecule has 9 atom stereocenters. The first-order valence-corrected chi connectivity index (χ1v) is 21.1. The quantitative estimate of drug-likeness (QED) is 0.0270. The van der Waals surface area contributed by atoms with Gasteiger partial charge in [-0.25, -0.2) is 0 Å². The van der Waals surface area contributed by atoms with Crippen molar-refractivity contribution in [2.45, 2.75) is 119 Å². The Bertz CT molecular complexity index is 2230. The van der Waals surface area contributed by atoms with E-state index in [-0.39, 0.29) is 51.1 Å². The number of hydrogen-bond acceptors (Lipinski definition) is 14. The van der Waals surface area contributed by atoms with Crippen molar-refractivity contribution in [1.82, 2.24) is 0 Å². The lowest BCUT2D eigenvalue weighted by Crippen LogP contribution is -2.46. The summed E-state index contributed by atoms with van der Waals surface area (Å²) in [5, 5.41) is 64.4. The molecule has 63 heavy (non-hydrogen) atoms. The van der Waals surface area contributed by atoms with Gasteiger partial charge in [-0.05, 0) is 59.6 Å². The van der Waals surface area contributed by atoms with Crippen molar-refractivity contribution in [3.8, 4) is 23.0 Å². The third-order valence-electron chi connectivity index (χ3n) is 11.9. The second-order valence-corrected chi connectivity index (χ2v) is 17.0. The molecule has 0 aliphatic carbocycles. The van der Waals surface area contributed by atoms with E-state index in [0.29, 0.717) is 0 Å². The van der Waals surface area contributed by atoms with E-state index in [1.54, 1.807) is 39.8 Å². The molecule has 0 aromatic heterocycles. The molecule has 2 aromatic rings. The van der Waals surface area contributed by atoms with Crippen molar-refractivity contribution in [1.29, 1.82) is 0 Å². The van der Waals surface area contributed by atoms with Crippen molar-refractivity contribution >= 4 is 40.3 Å². The highest BCUT2D eigenvalue weighted by atomic mass is 16.7. The standard InChI is InChI=1S/C48H64N2O13/c1-24(2)15-13-16-25(3)19-22-61-49-23-33-38-43(56)36-35(42(33)55)37-45(31(9)41(36)54)63-48(11,46(37)57)60-21-20-34(59-12)28(6)44(62-32(10)51)30(8)40(53)29(7)39(52)26(4)17-14-18-27(5)47(58)50-38/h14-15,17-21,23,26,28-30,34,39-40,44,52-56H,13,16,22H2,1-12H3,(H,50,58)/b17-14-,21-20?,25-19+,27-18-,49-23+/t26-,28+,29+,30+,34-,39-,40+,44+,48-/m0/s1. The van der Waals surface area contributed by atoms with Crippen LogP contribution in [0.1, 0.15) is 104 Å². The Morgan fingerprint density at radius 3 is 2.24 bits per heavy atom. The molecule has 3 heterocycles. The number of nitrogens with one attached hydrogen (secondary N) is 1. The SMILES string of the molecule is CO[C@H]1C=CO[C@@]2(C)Oc3c(C)c(O)c4c(O)c(c(/C=N/OC/C=C(\C)CCC=C(C)C)c(O)c4c3C2=O)NC(=O)/C(C)=C\C=C/[C@H](C)[C@H](O)[C@@H](C)[C@@H](O)[C@@H](C)[C@H](OC(C)=O)[C@@H]1C. The number of ketones is 1. The van der Waals surface area contributed by atoms with Gasteiger partial charge in [0, 0.05) is 61.2 Å². The van der Waals surface area contributed by atoms with E-state index in [1.807, 2.05) is 26.8 Å². The molecule has 5 bridgehead atoms. The number of aliphatic hydroxyl groups excluding tert-OH is 2. The number of hydrogen-bond donors (Lipinski definition) is 6. The summed E-state index contributed by atoms with van der Waals surface area (Å²) in [5.41, 5.74) is 1.64. The third-order valence-corrected chi connectivity index (χ3v) is 11.9. The van der Waals surface area contributed by atoms with Crippen LogP contribution in [-0.2, 0) is 28.6 Å². The summed E-state index contributed by atoms with van der Waals surface area (Å²) < 4.78 is 23.6. The predicted molar refractivity (Wildman–Crippen MR) is 240 cm³/mol. The van der Waals surface area contributed by atoms with Gasteiger partial charge in [0.25, 0.3) is 11.7 Å². The van der Waals surface area contributed by atoms with Crippen molar-refractivity contribution in [2.24, 2.45) is 28.8 Å². The maximum atomic E-state index is 14.4. The number of phenolic OH excluding ortho intramolecular Hbond substituents is 3. The van der Waals surface area contributed by atoms with Crippen LogP contribution in [0, 0.1) is 30.6 Å². The number of fused-ring (bicyclic) bond motifs is 14. The van der Waals surface area contributed by atoms with E-state index in [2.05, 4.69) is 16.5 Å². The predicted octanol–water partition coefficient (Wildman–Crippen LogP) is 7.80. The zero-order chi connectivity index (χ0) is 47.1. The van der Waals surface area contributed by atoms with Gasteiger partial charge in [-0.1, -0.05) is 68.3 Å². The molecule has 0 spiro atoms. The Hall–Kier alpha value is -5.64. The lowest BCUT2D eigenvalue weighted by Gasteiger charge is -2.38. The van der Waals surface area contributed by atoms with E-state index in [0.717, 1.165) is 24.6 Å². The molecule has 2 aromatic carbocycles. The minimum Gasteiger partial charge on any atom is -0.507 e. The number of allylic oxidation sites excluding steroid dienone is 5. The fraction of sp³-hybridized carbons (Fsp3) is 0.500. The molecule has 6 N–H and O–H groups in total. The smallest absolute Gasteiger partial charge is 0.312 e. The Kier molecular flexibility index (Phi) is 16.8. The van der Waals surface area contributed by atoms with Crippen LogP contribution < -0.4 is 10.1 Å². The Morgan fingerprint density at radius 2 is 1.60 bits per heavy atom. The number of aliphatic hydroxyl groups is 2. The van der Waals surface area contributed by atoms with Gasteiger partial charge in [-0.15, -0.1) is 0 Å². The highest BCUT2D eigenvalue weighted by molar-refractivity contribution is 6.23. The van der Waals surface area contributed by atoms with Crippen molar-refractivity contribution in [3.63, 3.8) is 0 Å². The molecule has 0 radical (unpaired) electrons. The number of anilines is 1. The summed E-state index contributed by atoms with van der Waals surface area (Å²) in [5.74, 6) is -8.70. The summed E-state index contributed by atoms with van der Waals surface area (Å²) >= 11 is 0. The maximum absolute atomic E-state index is 14.4. The Labute approximate surface area is 369 Å². The normalized spacial score (nSPS) is 28.6. The average Bonchev–Trinajstić information content (AvgIpc) is 3.49. The topological polar surface area (TPSA) is 223 Å². The number of benzene rings is 2. The zero-order valence-corrected chi connectivity index (χ0v) is 38.3. The molecule has 0 saturated carbocycles. The lowest BCUT2D eigenvalue weighted by molar-refractivity contribution is -0.160. The highest BCUT2D eigenvalue weighted by Gasteiger charge is 2.50. The second kappa shape index (κ2) is 21.2. The number of aromatic hydroxyl groups is 3. The number of phenols is 3. The molecule has 15 heteroatoms. The van der Waals surface area contributed by atoms with Gasteiger partial charge in [0.1, 0.15) is 30.0 Å². The third kappa shape index (κ3) is 11.1. The molecule has 5 rings (SSSR count). The summed E-state index contributed by atoms with van der Waals surface area (Å²) in [6.07, 6.45) is 10.2. The van der Waals surface area contributed by atoms with Gasteiger partial charge >= 0.3 is 11.8 Å². The first kappa shape index (κ1) is 50.0. The minimum atomic E-state index is -2.07. The van der Waals surface area contributed by atoms with E-state index in [4.69, 9.17) is 23.8 Å². The number of methoxy groups -OCH3 is 1. The Morgan fingerprint density at radius 1 is 0.921 bits per heavy atom. The van der Waals surface area contributed by atoms with Crippen LogP contribution >= 0.6 is 0 Å². The number of esters is 1. The number of carbonyl (C=O) groups is 3. The maximum Gasteiger partial charge on any atom is 0.312 e. The number of ether oxygens (including phenoxy) is 4. The molecule has 0 unspecified atom stereocenters. The second-order valence-electron chi connectivity index (χ2n) is 17.0. The first-order chi connectivity index (χ1) is 29.6. The molecule has 344 valence electrons. The van der Waals surface area contributed by atoms with Crippen LogP contribution in [0.2, 0.25) is 0 Å². The largest absolute Gasteiger partial charge is 0.507 e. The number of nitrogens with zero attached hydrogens (tertiary/aromatic N) is 1. The van der Waals surface area contributed by atoms with Crippen LogP contribution in [-0.4, -0.2) is 93.3 Å². The molecular formula is C48H64N2O13. The van der Waals surface area contributed by atoms with Gasteiger partial charge in [0.15, 0.2) is 5.75 Å². The molecule has 0 saturated heterocycles. The average molecular weight is 877 g/mol. The van der Waals surface area contributed by atoms with Crippen LogP contribution in [0.3, 0.4) is 0 Å². The van der Waals surface area contributed by atoms with E-state index < -0.39 is 88.8 Å². The van der Waals surface area contributed by atoms with E-state index in [9.17, 15) is 39.9 Å². The van der Waals surface area contributed by atoms with Crippen LogP contribution in [0.5, 0.6) is 23.0 Å². The molecule has 3 aliphatic rings. The highest BCUT2D eigenvalue weighted by Crippen LogP contribution is 2.55. The van der Waals surface area contributed by atoms with Crippen molar-refractivity contribution < 1.29 is 63.7 Å². The summed E-state index contributed by atoms with van der Waals surface area (Å²) in [6.45, 7) is 18.5. The number of rotatable bonds is 9. The first-order valence-electron chi connectivity index (χ1n) is 21.1. The summed E-state index contributed by atoms with van der Waals surface area (Å²) in [6, 6.07) is 0. The fourth-order valence-electron chi connectivity index (χ4n) is 7.88. The van der Waals surface area contributed by atoms with E-state index in [1.165, 1.54) is 58.8 Å². The van der Waals surface area contributed by atoms with Gasteiger partial charge in [-0.2, -0.15) is 0 Å². The molecule has 0 fully saturated rings. The van der Waals surface area contributed by atoms with Gasteiger partial charge in [-0.3, -0.25) is 14.4 Å². The van der Waals surface area contributed by atoms with E-state index >= 15 is 0 Å². The lowest BCUT2D eigenvalue weighted by atomic mass is 9.78. The molecule has 1 amide bonds. The fourth-order valence-corrected chi connectivity index (χ4v) is 7.88. The van der Waals surface area contributed by atoms with Crippen molar-refractivity contribution in [3.05, 3.63) is 76.1 Å². The summed E-state index contributed by atoms with van der Waals surface area (Å²) in [4.78, 5) is 46.0. The number of amides is 1. The van der Waals surface area contributed by atoms with Crippen LogP contribution in [0.15, 0.2) is 64.6 Å². The zero-order valence-electron chi connectivity index (χ0n) is 38.3. The molecular weight excluding hydrogens is 813 g/mol. The molecule has 3 aliphatic heterocycles. The summed E-state index contributed by atoms with van der Waals surface area (Å²) in [7, 11) is 1.43. The Balaban J connectivity index is 1.91. The van der Waals surface area contributed by atoms with Crippen LogP contribution in [0.25, 0.3) is 10.8 Å². The van der Waals surface area contributed by atoms with Crippen molar-refractivity contribution in [2.75, 3.05) is 19.0 Å². The number of oxime groups is 1. The van der Waals surface area contributed by atoms with Gasteiger partial charge < -0.3 is 54.6 Å². The number of Topliss-reactive ketones (excluding diaryl/α,β-unsaturated/α-hetero) is 1. The van der Waals surface area contributed by atoms with Gasteiger partial charge in [0.05, 0.1) is 53.0 Å².